The van der Waals surface area contributed by atoms with E-state index in [4.69, 9.17) is 4.74 Å². The molecular weight excluding hydrogens is 292 g/mol. The van der Waals surface area contributed by atoms with Crippen LogP contribution in [0.25, 0.3) is 0 Å². The molecule has 0 radical (unpaired) electrons. The first kappa shape index (κ1) is 17.5. The predicted octanol–water partition coefficient (Wildman–Crippen LogP) is 1.51. The second kappa shape index (κ2) is 8.00. The van der Waals surface area contributed by atoms with E-state index in [2.05, 4.69) is 5.32 Å². The Balaban J connectivity index is 0.00000220. The van der Waals surface area contributed by atoms with Gasteiger partial charge in [-0.25, -0.2) is 0 Å². The van der Waals surface area contributed by atoms with Crippen LogP contribution in [0.5, 0.6) is 5.75 Å². The molecule has 1 aliphatic rings. The van der Waals surface area contributed by atoms with Crippen molar-refractivity contribution in [3.05, 3.63) is 29.8 Å². The third kappa shape index (κ3) is 4.72. The van der Waals surface area contributed by atoms with Crippen molar-refractivity contribution in [1.29, 1.82) is 0 Å². The van der Waals surface area contributed by atoms with Gasteiger partial charge in [-0.3, -0.25) is 9.59 Å². The van der Waals surface area contributed by atoms with Crippen molar-refractivity contribution < 1.29 is 14.3 Å². The van der Waals surface area contributed by atoms with Gasteiger partial charge in [0.2, 0.25) is 0 Å². The molecule has 6 heteroatoms. The average molecular weight is 313 g/mol. The van der Waals surface area contributed by atoms with Gasteiger partial charge in [0.1, 0.15) is 5.75 Å². The Hall–Kier alpha value is -1.59. The second-order valence-corrected chi connectivity index (χ2v) is 5.01. The summed E-state index contributed by atoms with van der Waals surface area (Å²) in [5.41, 5.74) is 0.588. The zero-order valence-corrected chi connectivity index (χ0v) is 13.1. The molecule has 0 bridgehead atoms. The highest BCUT2D eigenvalue weighted by molar-refractivity contribution is 5.94. The summed E-state index contributed by atoms with van der Waals surface area (Å²) < 4.78 is 5.50. The molecule has 1 fully saturated rings. The van der Waals surface area contributed by atoms with Crippen LogP contribution in [-0.4, -0.2) is 48.9 Å². The lowest BCUT2D eigenvalue weighted by Crippen LogP contribution is -2.53. The molecule has 1 saturated heterocycles. The lowest BCUT2D eigenvalue weighted by Gasteiger charge is -2.33. The summed E-state index contributed by atoms with van der Waals surface area (Å²) in [6.45, 7) is 5.86. The average Bonchev–Trinajstić information content (AvgIpc) is 2.45. The monoisotopic (exact) mass is 312 g/mol. The van der Waals surface area contributed by atoms with E-state index in [1.807, 2.05) is 11.8 Å². The first-order chi connectivity index (χ1) is 9.58. The molecule has 1 amide bonds. The van der Waals surface area contributed by atoms with Gasteiger partial charge in [-0.05, 0) is 26.0 Å². The highest BCUT2D eigenvalue weighted by atomic mass is 35.5. The molecule has 0 aliphatic carbocycles. The van der Waals surface area contributed by atoms with Gasteiger partial charge in [0.25, 0.3) is 5.91 Å². The van der Waals surface area contributed by atoms with E-state index < -0.39 is 0 Å². The van der Waals surface area contributed by atoms with Crippen LogP contribution in [0.2, 0.25) is 0 Å². The molecule has 1 atom stereocenters. The van der Waals surface area contributed by atoms with Crippen LogP contribution in [0.1, 0.15) is 24.2 Å². The summed E-state index contributed by atoms with van der Waals surface area (Å²) in [5, 5.41) is 3.24. The Bertz CT molecular complexity index is 507. The SMILES string of the molecule is CC(=O)c1cccc(OCC(=O)N2CCNC[C@@H]2C)c1.Cl. The summed E-state index contributed by atoms with van der Waals surface area (Å²) in [6.07, 6.45) is 0. The molecule has 1 aromatic carbocycles. The van der Waals surface area contributed by atoms with E-state index >= 15 is 0 Å². The molecule has 2 rings (SSSR count). The van der Waals surface area contributed by atoms with Crippen molar-refractivity contribution in [2.45, 2.75) is 19.9 Å². The van der Waals surface area contributed by atoms with E-state index in [1.54, 1.807) is 24.3 Å². The summed E-state index contributed by atoms with van der Waals surface area (Å²) in [6, 6.07) is 7.08. The number of halogens is 1. The van der Waals surface area contributed by atoms with Crippen LogP contribution in [0.15, 0.2) is 24.3 Å². The van der Waals surface area contributed by atoms with E-state index in [9.17, 15) is 9.59 Å². The van der Waals surface area contributed by atoms with Crippen LogP contribution in [0.3, 0.4) is 0 Å². The summed E-state index contributed by atoms with van der Waals surface area (Å²) >= 11 is 0. The van der Waals surface area contributed by atoms with E-state index in [-0.39, 0.29) is 36.7 Å². The summed E-state index contributed by atoms with van der Waals surface area (Å²) in [4.78, 5) is 25.2. The maximum absolute atomic E-state index is 12.1. The zero-order chi connectivity index (χ0) is 14.5. The molecule has 21 heavy (non-hydrogen) atoms. The van der Waals surface area contributed by atoms with Crippen LogP contribution in [0.4, 0.5) is 0 Å². The number of carbonyl (C=O) groups is 2. The topological polar surface area (TPSA) is 58.6 Å². The molecule has 5 nitrogen and oxygen atoms in total. The summed E-state index contributed by atoms with van der Waals surface area (Å²) in [7, 11) is 0. The molecule has 0 saturated carbocycles. The van der Waals surface area contributed by atoms with Gasteiger partial charge in [0.15, 0.2) is 12.4 Å². The Morgan fingerprint density at radius 3 is 2.86 bits per heavy atom. The highest BCUT2D eigenvalue weighted by Gasteiger charge is 2.23. The lowest BCUT2D eigenvalue weighted by atomic mass is 10.1. The number of amides is 1. The number of nitrogens with one attached hydrogen (secondary N) is 1. The molecule has 1 aromatic rings. The van der Waals surface area contributed by atoms with E-state index in [0.717, 1.165) is 13.1 Å². The number of ether oxygens (including phenoxy) is 1. The van der Waals surface area contributed by atoms with Crippen LogP contribution in [-0.2, 0) is 4.79 Å². The number of piperazine rings is 1. The molecule has 1 aliphatic heterocycles. The van der Waals surface area contributed by atoms with Gasteiger partial charge in [0, 0.05) is 31.2 Å². The normalized spacial score (nSPS) is 17.8. The molecule has 1 heterocycles. The van der Waals surface area contributed by atoms with Crippen molar-refractivity contribution in [2.75, 3.05) is 26.2 Å². The van der Waals surface area contributed by atoms with E-state index in [0.29, 0.717) is 17.9 Å². The van der Waals surface area contributed by atoms with Crippen molar-refractivity contribution in [3.63, 3.8) is 0 Å². The molecular formula is C15H21ClN2O3. The predicted molar refractivity (Wildman–Crippen MR) is 83.2 cm³/mol. The minimum absolute atomic E-state index is 0. The number of hydrogen-bond acceptors (Lipinski definition) is 4. The first-order valence-corrected chi connectivity index (χ1v) is 6.82. The third-order valence-electron chi connectivity index (χ3n) is 3.42. The number of rotatable bonds is 4. The first-order valence-electron chi connectivity index (χ1n) is 6.82. The number of ketones is 1. The Kier molecular flexibility index (Phi) is 6.65. The maximum atomic E-state index is 12.1. The largest absolute Gasteiger partial charge is 0.484 e. The van der Waals surface area contributed by atoms with Crippen LogP contribution < -0.4 is 10.1 Å². The van der Waals surface area contributed by atoms with Crippen molar-refractivity contribution in [2.24, 2.45) is 0 Å². The number of benzene rings is 1. The fraction of sp³-hybridized carbons (Fsp3) is 0.467. The molecule has 0 aromatic heterocycles. The van der Waals surface area contributed by atoms with Gasteiger partial charge in [-0.1, -0.05) is 12.1 Å². The van der Waals surface area contributed by atoms with Crippen LogP contribution in [0, 0.1) is 0 Å². The zero-order valence-electron chi connectivity index (χ0n) is 12.3. The summed E-state index contributed by atoms with van der Waals surface area (Å²) in [5.74, 6) is 0.513. The lowest BCUT2D eigenvalue weighted by molar-refractivity contribution is -0.136. The third-order valence-corrected chi connectivity index (χ3v) is 3.42. The van der Waals surface area contributed by atoms with E-state index in [1.165, 1.54) is 6.92 Å². The van der Waals surface area contributed by atoms with Crippen LogP contribution >= 0.6 is 12.4 Å². The van der Waals surface area contributed by atoms with Crippen molar-refractivity contribution in [3.8, 4) is 5.75 Å². The van der Waals surface area contributed by atoms with Gasteiger partial charge < -0.3 is 15.0 Å². The quantitative estimate of drug-likeness (QED) is 0.856. The Labute approximate surface area is 131 Å². The minimum atomic E-state index is -0.0211. The molecule has 116 valence electrons. The smallest absolute Gasteiger partial charge is 0.260 e. The van der Waals surface area contributed by atoms with Crippen molar-refractivity contribution in [1.82, 2.24) is 10.2 Å². The Morgan fingerprint density at radius 1 is 1.43 bits per heavy atom. The standard InChI is InChI=1S/C15H20N2O3.ClH/c1-11-9-16-6-7-17(11)15(19)10-20-14-5-3-4-13(8-14)12(2)18;/h3-5,8,11,16H,6-7,9-10H2,1-2H3;1H/t11-;/m0./s1. The Morgan fingerprint density at radius 2 is 2.19 bits per heavy atom. The highest BCUT2D eigenvalue weighted by Crippen LogP contribution is 2.14. The van der Waals surface area contributed by atoms with Crippen molar-refractivity contribution >= 4 is 24.1 Å². The molecule has 1 N–H and O–H groups in total. The van der Waals surface area contributed by atoms with Gasteiger partial charge in [-0.2, -0.15) is 0 Å². The fourth-order valence-electron chi connectivity index (χ4n) is 2.24. The second-order valence-electron chi connectivity index (χ2n) is 5.01. The molecule has 0 unspecified atom stereocenters. The fourth-order valence-corrected chi connectivity index (χ4v) is 2.24. The number of carbonyl (C=O) groups excluding carboxylic acids is 2. The minimum Gasteiger partial charge on any atom is -0.484 e. The van der Waals surface area contributed by atoms with Gasteiger partial charge in [-0.15, -0.1) is 12.4 Å². The molecule has 0 spiro atoms. The van der Waals surface area contributed by atoms with Gasteiger partial charge >= 0.3 is 0 Å². The number of hydrogen-bond donors (Lipinski definition) is 1. The maximum Gasteiger partial charge on any atom is 0.260 e. The number of nitrogens with zero attached hydrogens (tertiary/aromatic N) is 1. The number of Topliss-reactive ketones (excluding diaryl/α,β-unsaturated/α-hetero) is 1. The van der Waals surface area contributed by atoms with Gasteiger partial charge in [0.05, 0.1) is 0 Å².